The highest BCUT2D eigenvalue weighted by molar-refractivity contribution is 5.73. The molecule has 0 bridgehead atoms. The van der Waals surface area contributed by atoms with Crippen LogP contribution >= 0.6 is 0 Å². The van der Waals surface area contributed by atoms with Crippen molar-refractivity contribution in [2.75, 3.05) is 6.54 Å². The van der Waals surface area contributed by atoms with Crippen LogP contribution in [0.2, 0.25) is 0 Å². The predicted molar refractivity (Wildman–Crippen MR) is 55.6 cm³/mol. The smallest absolute Gasteiger partial charge is 0.217 e. The van der Waals surface area contributed by atoms with Crippen LogP contribution < -0.4 is 11.1 Å². The summed E-state index contributed by atoms with van der Waals surface area (Å²) < 4.78 is 0. The second kappa shape index (κ2) is 4.13. The first kappa shape index (κ1) is 9.71. The van der Waals surface area contributed by atoms with E-state index in [1.165, 1.54) is 12.8 Å². The van der Waals surface area contributed by atoms with E-state index in [9.17, 15) is 4.79 Å². The van der Waals surface area contributed by atoms with Gasteiger partial charge < -0.3 is 11.1 Å². The summed E-state index contributed by atoms with van der Waals surface area (Å²) in [6.45, 7) is 0.921. The molecule has 2 rings (SSSR count). The van der Waals surface area contributed by atoms with Crippen LogP contribution in [-0.4, -0.2) is 18.5 Å². The van der Waals surface area contributed by atoms with Crippen LogP contribution in [0.1, 0.15) is 25.7 Å². The summed E-state index contributed by atoms with van der Waals surface area (Å²) in [5.74, 6) is 1.48. The van der Waals surface area contributed by atoms with Crippen LogP contribution in [-0.2, 0) is 4.79 Å². The van der Waals surface area contributed by atoms with Crippen LogP contribution in [0, 0.1) is 11.8 Å². The van der Waals surface area contributed by atoms with Gasteiger partial charge in [-0.15, -0.1) is 0 Å². The minimum absolute atomic E-state index is 0.195. The monoisotopic (exact) mass is 194 g/mol. The molecule has 3 N–H and O–H groups in total. The molecule has 3 unspecified atom stereocenters. The van der Waals surface area contributed by atoms with Crippen LogP contribution in [0.15, 0.2) is 12.2 Å². The zero-order chi connectivity index (χ0) is 9.97. The molecule has 14 heavy (non-hydrogen) atoms. The Labute approximate surface area is 84.7 Å². The number of nitrogens with one attached hydrogen (secondary N) is 1. The summed E-state index contributed by atoms with van der Waals surface area (Å²) >= 11 is 0. The van der Waals surface area contributed by atoms with Crippen molar-refractivity contribution < 1.29 is 4.79 Å². The van der Waals surface area contributed by atoms with E-state index in [4.69, 9.17) is 5.73 Å². The molecule has 2 aliphatic rings. The first-order chi connectivity index (χ1) is 6.77. The van der Waals surface area contributed by atoms with E-state index < -0.39 is 0 Å². The van der Waals surface area contributed by atoms with Crippen molar-refractivity contribution in [2.24, 2.45) is 17.6 Å². The Morgan fingerprint density at radius 3 is 3.14 bits per heavy atom. The summed E-state index contributed by atoms with van der Waals surface area (Å²) in [6.07, 6.45) is 8.56. The standard InChI is InChI=1S/C11H18N2O/c12-11(14)5-2-6-13-10-7-8-3-1-4-9(8)10/h1,4,8-10,13H,2-3,5-7H2,(H2,12,14). The van der Waals surface area contributed by atoms with Crippen molar-refractivity contribution >= 4 is 5.91 Å². The molecule has 3 nitrogen and oxygen atoms in total. The highest BCUT2D eigenvalue weighted by atomic mass is 16.1. The highest BCUT2D eigenvalue weighted by Gasteiger charge is 2.40. The SMILES string of the molecule is NC(=O)CCCNC1CC2CC=CC21. The Kier molecular flexibility index (Phi) is 2.87. The van der Waals surface area contributed by atoms with Crippen molar-refractivity contribution in [3.8, 4) is 0 Å². The lowest BCUT2D eigenvalue weighted by molar-refractivity contribution is -0.118. The summed E-state index contributed by atoms with van der Waals surface area (Å²) in [7, 11) is 0. The summed E-state index contributed by atoms with van der Waals surface area (Å²) in [4.78, 5) is 10.5. The molecule has 0 radical (unpaired) electrons. The quantitative estimate of drug-likeness (QED) is 0.502. The number of rotatable bonds is 5. The van der Waals surface area contributed by atoms with Crippen molar-refractivity contribution in [2.45, 2.75) is 31.7 Å². The van der Waals surface area contributed by atoms with E-state index >= 15 is 0 Å². The number of amides is 1. The van der Waals surface area contributed by atoms with Gasteiger partial charge in [0.15, 0.2) is 0 Å². The Morgan fingerprint density at radius 2 is 2.43 bits per heavy atom. The molecule has 0 spiro atoms. The first-order valence-corrected chi connectivity index (χ1v) is 5.45. The van der Waals surface area contributed by atoms with Gasteiger partial charge in [-0.1, -0.05) is 12.2 Å². The maximum atomic E-state index is 10.5. The Balaban J connectivity index is 1.59. The van der Waals surface area contributed by atoms with Crippen molar-refractivity contribution in [3.05, 3.63) is 12.2 Å². The zero-order valence-corrected chi connectivity index (χ0v) is 8.41. The molecule has 2 aliphatic carbocycles. The number of allylic oxidation sites excluding steroid dienone is 1. The Morgan fingerprint density at radius 1 is 1.57 bits per heavy atom. The molecule has 1 fully saturated rings. The van der Waals surface area contributed by atoms with Crippen LogP contribution in [0.25, 0.3) is 0 Å². The fraction of sp³-hybridized carbons (Fsp3) is 0.727. The minimum atomic E-state index is -0.195. The lowest BCUT2D eigenvalue weighted by atomic mass is 9.71. The summed E-state index contributed by atoms with van der Waals surface area (Å²) in [6, 6.07) is 0.659. The number of hydrogen-bond acceptors (Lipinski definition) is 2. The van der Waals surface area contributed by atoms with Crippen molar-refractivity contribution in [1.29, 1.82) is 0 Å². The number of carbonyl (C=O) groups is 1. The van der Waals surface area contributed by atoms with E-state index in [1.807, 2.05) is 0 Å². The molecule has 0 aromatic rings. The van der Waals surface area contributed by atoms with Gasteiger partial charge in [0.2, 0.25) is 5.91 Å². The van der Waals surface area contributed by atoms with Crippen LogP contribution in [0.4, 0.5) is 0 Å². The van der Waals surface area contributed by atoms with Crippen LogP contribution in [0.3, 0.4) is 0 Å². The van der Waals surface area contributed by atoms with Gasteiger partial charge in [-0.2, -0.15) is 0 Å². The van der Waals surface area contributed by atoms with E-state index in [0.717, 1.165) is 24.8 Å². The average Bonchev–Trinajstić information content (AvgIpc) is 2.46. The van der Waals surface area contributed by atoms with E-state index in [-0.39, 0.29) is 5.91 Å². The van der Waals surface area contributed by atoms with Gasteiger partial charge in [-0.3, -0.25) is 4.79 Å². The molecule has 1 amide bonds. The number of carbonyl (C=O) groups excluding carboxylic acids is 1. The molecule has 0 saturated heterocycles. The van der Waals surface area contributed by atoms with Crippen molar-refractivity contribution in [1.82, 2.24) is 5.32 Å². The molecule has 3 atom stereocenters. The fourth-order valence-electron chi connectivity index (χ4n) is 2.50. The number of hydrogen-bond donors (Lipinski definition) is 2. The van der Waals surface area contributed by atoms with Gasteiger partial charge in [-0.05, 0) is 37.6 Å². The third-order valence-corrected chi connectivity index (χ3v) is 3.37. The second-order valence-electron chi connectivity index (χ2n) is 4.37. The molecule has 3 heteroatoms. The fourth-order valence-corrected chi connectivity index (χ4v) is 2.50. The van der Waals surface area contributed by atoms with Gasteiger partial charge in [0.25, 0.3) is 0 Å². The topological polar surface area (TPSA) is 55.1 Å². The molecular formula is C11H18N2O. The third kappa shape index (κ3) is 1.98. The van der Waals surface area contributed by atoms with Gasteiger partial charge in [0.1, 0.15) is 0 Å². The lowest BCUT2D eigenvalue weighted by Crippen LogP contribution is -2.48. The van der Waals surface area contributed by atoms with Crippen molar-refractivity contribution in [3.63, 3.8) is 0 Å². The second-order valence-corrected chi connectivity index (χ2v) is 4.37. The molecule has 78 valence electrons. The Hall–Kier alpha value is -0.830. The van der Waals surface area contributed by atoms with Gasteiger partial charge >= 0.3 is 0 Å². The maximum absolute atomic E-state index is 10.5. The van der Waals surface area contributed by atoms with Gasteiger partial charge in [-0.25, -0.2) is 0 Å². The molecular weight excluding hydrogens is 176 g/mol. The average molecular weight is 194 g/mol. The maximum Gasteiger partial charge on any atom is 0.217 e. The molecule has 1 saturated carbocycles. The summed E-state index contributed by atoms with van der Waals surface area (Å²) in [5.41, 5.74) is 5.06. The van der Waals surface area contributed by atoms with Gasteiger partial charge in [0.05, 0.1) is 0 Å². The minimum Gasteiger partial charge on any atom is -0.370 e. The largest absolute Gasteiger partial charge is 0.370 e. The van der Waals surface area contributed by atoms with E-state index in [0.29, 0.717) is 12.5 Å². The predicted octanol–water partition coefficient (Wildman–Crippen LogP) is 0.806. The van der Waals surface area contributed by atoms with E-state index in [1.54, 1.807) is 0 Å². The summed E-state index contributed by atoms with van der Waals surface area (Å²) in [5, 5.41) is 3.49. The molecule has 0 aliphatic heterocycles. The molecule has 0 aromatic heterocycles. The normalized spacial score (nSPS) is 33.9. The van der Waals surface area contributed by atoms with E-state index in [2.05, 4.69) is 17.5 Å². The molecule has 0 heterocycles. The Bertz CT molecular complexity index is 250. The number of fused-ring (bicyclic) bond motifs is 1. The first-order valence-electron chi connectivity index (χ1n) is 5.45. The van der Waals surface area contributed by atoms with Crippen LogP contribution in [0.5, 0.6) is 0 Å². The zero-order valence-electron chi connectivity index (χ0n) is 8.41. The van der Waals surface area contributed by atoms with Gasteiger partial charge in [0, 0.05) is 12.5 Å². The lowest BCUT2D eigenvalue weighted by Gasteiger charge is -2.40. The number of nitrogens with two attached hydrogens (primary N) is 1. The highest BCUT2D eigenvalue weighted by Crippen LogP contribution is 2.42. The molecule has 0 aromatic carbocycles. The third-order valence-electron chi connectivity index (χ3n) is 3.37. The number of primary amides is 1.